The number of carbonyl (C=O) groups is 1. The van der Waals surface area contributed by atoms with Crippen LogP contribution < -0.4 is 0 Å². The van der Waals surface area contributed by atoms with Crippen molar-refractivity contribution in [3.63, 3.8) is 0 Å². The number of nitrogens with zero attached hydrogens (tertiary/aromatic N) is 2. The Hall–Kier alpha value is -1.12. The van der Waals surface area contributed by atoms with E-state index in [1.165, 1.54) is 0 Å². The highest BCUT2D eigenvalue weighted by atomic mass is 16.1. The molecule has 0 aliphatic heterocycles. The molecule has 12 heavy (non-hydrogen) atoms. The second kappa shape index (κ2) is 3.52. The SMILES string of the molecule is CCC(=O)Cn1nc(C)cc1C. The molecule has 0 spiro atoms. The van der Waals surface area contributed by atoms with Gasteiger partial charge in [-0.3, -0.25) is 9.48 Å². The molecule has 1 aromatic rings. The van der Waals surface area contributed by atoms with Crippen LogP contribution in [-0.2, 0) is 11.3 Å². The van der Waals surface area contributed by atoms with Gasteiger partial charge < -0.3 is 0 Å². The van der Waals surface area contributed by atoms with Gasteiger partial charge in [-0.1, -0.05) is 6.92 Å². The summed E-state index contributed by atoms with van der Waals surface area (Å²) >= 11 is 0. The smallest absolute Gasteiger partial charge is 0.154 e. The molecule has 3 heteroatoms. The van der Waals surface area contributed by atoms with E-state index in [0.29, 0.717) is 13.0 Å². The number of ketones is 1. The highest BCUT2D eigenvalue weighted by molar-refractivity contribution is 5.77. The number of hydrogen-bond donors (Lipinski definition) is 0. The maximum absolute atomic E-state index is 11.1. The number of carbonyl (C=O) groups excluding carboxylic acids is 1. The topological polar surface area (TPSA) is 34.9 Å². The van der Waals surface area contributed by atoms with Crippen molar-refractivity contribution in [2.75, 3.05) is 0 Å². The minimum atomic E-state index is 0.223. The Morgan fingerprint density at radius 2 is 2.25 bits per heavy atom. The van der Waals surface area contributed by atoms with E-state index >= 15 is 0 Å². The summed E-state index contributed by atoms with van der Waals surface area (Å²) in [6.07, 6.45) is 0.582. The van der Waals surface area contributed by atoms with Crippen molar-refractivity contribution < 1.29 is 4.79 Å². The Balaban J connectivity index is 2.75. The minimum Gasteiger partial charge on any atom is -0.298 e. The van der Waals surface area contributed by atoms with Crippen LogP contribution in [0.15, 0.2) is 6.07 Å². The molecule has 0 saturated carbocycles. The van der Waals surface area contributed by atoms with Crippen molar-refractivity contribution in [2.24, 2.45) is 0 Å². The Morgan fingerprint density at radius 1 is 1.58 bits per heavy atom. The summed E-state index contributed by atoms with van der Waals surface area (Å²) in [5.41, 5.74) is 2.02. The monoisotopic (exact) mass is 166 g/mol. The van der Waals surface area contributed by atoms with E-state index in [2.05, 4.69) is 5.10 Å². The lowest BCUT2D eigenvalue weighted by Gasteiger charge is -2.00. The molecule has 0 N–H and O–H groups in total. The Morgan fingerprint density at radius 3 is 2.67 bits per heavy atom. The molecule has 0 amide bonds. The normalized spacial score (nSPS) is 10.2. The Labute approximate surface area is 72.4 Å². The van der Waals surface area contributed by atoms with Gasteiger partial charge in [0.1, 0.15) is 0 Å². The average molecular weight is 166 g/mol. The Kier molecular flexibility index (Phi) is 2.63. The van der Waals surface area contributed by atoms with Crippen molar-refractivity contribution in [2.45, 2.75) is 33.7 Å². The van der Waals surface area contributed by atoms with Crippen molar-refractivity contribution in [3.05, 3.63) is 17.5 Å². The first-order chi connectivity index (χ1) is 5.63. The zero-order valence-electron chi connectivity index (χ0n) is 7.79. The van der Waals surface area contributed by atoms with Gasteiger partial charge in [-0.05, 0) is 19.9 Å². The van der Waals surface area contributed by atoms with Gasteiger partial charge in [-0.25, -0.2) is 0 Å². The highest BCUT2D eigenvalue weighted by Gasteiger charge is 2.04. The van der Waals surface area contributed by atoms with Crippen molar-refractivity contribution in [3.8, 4) is 0 Å². The quantitative estimate of drug-likeness (QED) is 0.681. The van der Waals surface area contributed by atoms with Crippen LogP contribution in [0.1, 0.15) is 24.7 Å². The predicted octanol–water partition coefficient (Wildman–Crippen LogP) is 1.48. The summed E-state index contributed by atoms with van der Waals surface area (Å²) in [7, 11) is 0. The molecule has 0 aliphatic carbocycles. The molecule has 3 nitrogen and oxygen atoms in total. The summed E-state index contributed by atoms with van der Waals surface area (Å²) in [5.74, 6) is 0.223. The van der Waals surface area contributed by atoms with Crippen molar-refractivity contribution >= 4 is 5.78 Å². The molecule has 1 rings (SSSR count). The van der Waals surface area contributed by atoms with E-state index in [1.807, 2.05) is 26.8 Å². The fourth-order valence-electron chi connectivity index (χ4n) is 1.11. The molecule has 0 aliphatic rings. The van der Waals surface area contributed by atoms with Crippen LogP contribution in [0.25, 0.3) is 0 Å². The minimum absolute atomic E-state index is 0.223. The zero-order valence-corrected chi connectivity index (χ0v) is 7.79. The van der Waals surface area contributed by atoms with E-state index in [1.54, 1.807) is 4.68 Å². The molecule has 66 valence electrons. The van der Waals surface area contributed by atoms with Gasteiger partial charge >= 0.3 is 0 Å². The van der Waals surface area contributed by atoms with E-state index < -0.39 is 0 Å². The molecular weight excluding hydrogens is 152 g/mol. The Bertz CT molecular complexity index is 289. The van der Waals surface area contributed by atoms with Crippen LogP contribution in [0.5, 0.6) is 0 Å². The van der Waals surface area contributed by atoms with Crippen LogP contribution in [-0.4, -0.2) is 15.6 Å². The second-order valence-corrected chi connectivity index (χ2v) is 2.98. The van der Waals surface area contributed by atoms with E-state index in [4.69, 9.17) is 0 Å². The predicted molar refractivity (Wildman–Crippen MR) is 47.0 cm³/mol. The summed E-state index contributed by atoms with van der Waals surface area (Å²) in [4.78, 5) is 11.1. The molecule has 0 radical (unpaired) electrons. The van der Waals surface area contributed by atoms with Gasteiger partial charge in [-0.2, -0.15) is 5.10 Å². The molecular formula is C9H14N2O. The van der Waals surface area contributed by atoms with Gasteiger partial charge in [0, 0.05) is 12.1 Å². The largest absolute Gasteiger partial charge is 0.298 e. The number of rotatable bonds is 3. The van der Waals surface area contributed by atoms with E-state index in [9.17, 15) is 4.79 Å². The van der Waals surface area contributed by atoms with Crippen molar-refractivity contribution in [1.82, 2.24) is 9.78 Å². The third kappa shape index (κ3) is 1.94. The van der Waals surface area contributed by atoms with Gasteiger partial charge in [0.15, 0.2) is 5.78 Å². The molecule has 0 saturated heterocycles. The highest BCUT2D eigenvalue weighted by Crippen LogP contribution is 2.01. The lowest BCUT2D eigenvalue weighted by atomic mass is 10.3. The number of aromatic nitrogens is 2. The fourth-order valence-corrected chi connectivity index (χ4v) is 1.11. The van der Waals surface area contributed by atoms with Gasteiger partial charge in [-0.15, -0.1) is 0 Å². The first kappa shape index (κ1) is 8.97. The lowest BCUT2D eigenvalue weighted by Crippen LogP contribution is -2.11. The summed E-state index contributed by atoms with van der Waals surface area (Å²) in [6.45, 7) is 6.17. The van der Waals surface area contributed by atoms with Crippen LogP contribution in [0, 0.1) is 13.8 Å². The van der Waals surface area contributed by atoms with E-state index in [0.717, 1.165) is 11.4 Å². The van der Waals surface area contributed by atoms with Crippen molar-refractivity contribution in [1.29, 1.82) is 0 Å². The first-order valence-corrected chi connectivity index (χ1v) is 4.16. The third-order valence-electron chi connectivity index (χ3n) is 1.82. The standard InChI is InChI=1S/C9H14N2O/c1-4-9(12)6-11-8(3)5-7(2)10-11/h5H,4,6H2,1-3H3. The molecule has 0 aromatic carbocycles. The van der Waals surface area contributed by atoms with Gasteiger partial charge in [0.25, 0.3) is 0 Å². The number of hydrogen-bond acceptors (Lipinski definition) is 2. The van der Waals surface area contributed by atoms with Crippen LogP contribution in [0.4, 0.5) is 0 Å². The first-order valence-electron chi connectivity index (χ1n) is 4.16. The molecule has 0 atom stereocenters. The molecule has 0 unspecified atom stereocenters. The summed E-state index contributed by atoms with van der Waals surface area (Å²) in [5, 5.41) is 4.19. The molecule has 0 fully saturated rings. The average Bonchev–Trinajstić information content (AvgIpc) is 2.30. The summed E-state index contributed by atoms with van der Waals surface area (Å²) < 4.78 is 1.75. The van der Waals surface area contributed by atoms with Crippen LogP contribution >= 0.6 is 0 Å². The fraction of sp³-hybridized carbons (Fsp3) is 0.556. The van der Waals surface area contributed by atoms with Gasteiger partial charge in [0.05, 0.1) is 12.2 Å². The maximum atomic E-state index is 11.1. The molecule has 0 bridgehead atoms. The molecule has 1 heterocycles. The van der Waals surface area contributed by atoms with Crippen LogP contribution in [0.2, 0.25) is 0 Å². The second-order valence-electron chi connectivity index (χ2n) is 2.98. The summed E-state index contributed by atoms with van der Waals surface area (Å²) in [6, 6.07) is 1.98. The van der Waals surface area contributed by atoms with E-state index in [-0.39, 0.29) is 5.78 Å². The zero-order chi connectivity index (χ0) is 9.14. The number of aryl methyl sites for hydroxylation is 2. The number of Topliss-reactive ketones (excluding diaryl/α,β-unsaturated/α-hetero) is 1. The van der Waals surface area contributed by atoms with Gasteiger partial charge in [0.2, 0.25) is 0 Å². The maximum Gasteiger partial charge on any atom is 0.154 e. The van der Waals surface area contributed by atoms with Crippen LogP contribution in [0.3, 0.4) is 0 Å². The third-order valence-corrected chi connectivity index (χ3v) is 1.82. The molecule has 1 aromatic heterocycles. The lowest BCUT2D eigenvalue weighted by molar-refractivity contribution is -0.119.